The average Bonchev–Trinajstić information content (AvgIpc) is 2.76. The van der Waals surface area contributed by atoms with E-state index in [0.29, 0.717) is 5.75 Å². The third-order valence-corrected chi connectivity index (χ3v) is 5.99. The molecule has 3 aromatic carbocycles. The number of rotatable bonds is 9. The largest absolute Gasteiger partial charge is 0.483 e. The van der Waals surface area contributed by atoms with E-state index in [0.717, 1.165) is 56.7 Å². The molecule has 0 fully saturated rings. The molecular weight excluding hydrogens is 508 g/mol. The quantitative estimate of drug-likeness (QED) is 0.186. The lowest BCUT2D eigenvalue weighted by Crippen LogP contribution is -2.26. The zero-order valence-corrected chi connectivity index (χ0v) is 20.0. The molecule has 3 rings (SSSR count). The van der Waals surface area contributed by atoms with Crippen molar-refractivity contribution >= 4 is 54.3 Å². The van der Waals surface area contributed by atoms with Crippen molar-refractivity contribution in [3.63, 3.8) is 0 Å². The van der Waals surface area contributed by atoms with Gasteiger partial charge in [0.15, 0.2) is 6.61 Å². The predicted octanol–water partition coefficient (Wildman–Crippen LogP) is 6.84. The van der Waals surface area contributed by atoms with Crippen molar-refractivity contribution < 1.29 is 9.53 Å². The van der Waals surface area contributed by atoms with Crippen LogP contribution in [0.2, 0.25) is 0 Å². The average molecular weight is 532 g/mol. The Bertz CT molecular complexity index is 1040. The highest BCUT2D eigenvalue weighted by molar-refractivity contribution is 9.11. The summed E-state index contributed by atoms with van der Waals surface area (Å²) in [7, 11) is 0. The number of amides is 1. The number of nitrogens with zero attached hydrogens (tertiary/aromatic N) is 1. The number of benzene rings is 3. The van der Waals surface area contributed by atoms with Gasteiger partial charge in [0, 0.05) is 4.47 Å². The number of nitrogens with one attached hydrogen (secondary N) is 1. The molecule has 0 spiro atoms. The van der Waals surface area contributed by atoms with Crippen LogP contribution in [-0.2, 0) is 4.79 Å². The number of fused-ring (bicyclic) bond motifs is 1. The standard InChI is InChI=1S/C24H24Br2N2O2/c1-2-3-5-10-21(17-8-6-4-7-9-17)27-28-23(29)16-30-22-14-11-18-15-19(25)12-13-20(18)24(22)26/h4,6-9,11-15H,2-3,5,10,16H2,1H3,(H,28,29). The van der Waals surface area contributed by atoms with E-state index in [1.165, 1.54) is 0 Å². The minimum Gasteiger partial charge on any atom is -0.483 e. The Morgan fingerprint density at radius 2 is 1.83 bits per heavy atom. The van der Waals surface area contributed by atoms with Crippen LogP contribution in [0, 0.1) is 0 Å². The number of carbonyl (C=O) groups excluding carboxylic acids is 1. The van der Waals surface area contributed by atoms with Crippen molar-refractivity contribution in [3.8, 4) is 5.75 Å². The normalized spacial score (nSPS) is 11.5. The Labute approximate surface area is 194 Å². The maximum atomic E-state index is 12.3. The molecule has 0 radical (unpaired) electrons. The van der Waals surface area contributed by atoms with Gasteiger partial charge in [-0.3, -0.25) is 4.79 Å². The molecule has 30 heavy (non-hydrogen) atoms. The van der Waals surface area contributed by atoms with Crippen molar-refractivity contribution in [2.45, 2.75) is 32.6 Å². The van der Waals surface area contributed by atoms with Crippen LogP contribution in [0.4, 0.5) is 0 Å². The first-order valence-electron chi connectivity index (χ1n) is 10.00. The predicted molar refractivity (Wildman–Crippen MR) is 130 cm³/mol. The molecule has 4 nitrogen and oxygen atoms in total. The van der Waals surface area contributed by atoms with Gasteiger partial charge in [-0.25, -0.2) is 5.43 Å². The van der Waals surface area contributed by atoms with E-state index in [1.807, 2.05) is 60.7 Å². The van der Waals surface area contributed by atoms with Crippen LogP contribution in [0.5, 0.6) is 5.75 Å². The van der Waals surface area contributed by atoms with Gasteiger partial charge in [-0.05, 0) is 63.3 Å². The van der Waals surface area contributed by atoms with E-state index in [9.17, 15) is 4.79 Å². The second kappa shape index (κ2) is 11.3. The molecule has 0 aliphatic rings. The van der Waals surface area contributed by atoms with Crippen LogP contribution < -0.4 is 10.2 Å². The molecule has 0 heterocycles. The van der Waals surface area contributed by atoms with Crippen molar-refractivity contribution in [1.29, 1.82) is 0 Å². The highest BCUT2D eigenvalue weighted by Gasteiger charge is 2.10. The van der Waals surface area contributed by atoms with Crippen molar-refractivity contribution in [1.82, 2.24) is 5.43 Å². The monoisotopic (exact) mass is 530 g/mol. The van der Waals surface area contributed by atoms with E-state index in [-0.39, 0.29) is 12.5 Å². The van der Waals surface area contributed by atoms with Crippen molar-refractivity contribution in [3.05, 3.63) is 75.2 Å². The highest BCUT2D eigenvalue weighted by atomic mass is 79.9. The second-order valence-corrected chi connectivity index (χ2v) is 8.66. The molecule has 1 amide bonds. The van der Waals surface area contributed by atoms with Crippen LogP contribution >= 0.6 is 31.9 Å². The molecule has 6 heteroatoms. The van der Waals surface area contributed by atoms with Gasteiger partial charge in [0.2, 0.25) is 0 Å². The lowest BCUT2D eigenvalue weighted by atomic mass is 10.0. The fourth-order valence-electron chi connectivity index (χ4n) is 3.10. The first-order valence-corrected chi connectivity index (χ1v) is 11.6. The zero-order valence-electron chi connectivity index (χ0n) is 16.8. The number of hydrazone groups is 1. The van der Waals surface area contributed by atoms with Crippen LogP contribution in [-0.4, -0.2) is 18.2 Å². The minimum atomic E-state index is -0.290. The topological polar surface area (TPSA) is 50.7 Å². The van der Waals surface area contributed by atoms with E-state index in [1.54, 1.807) is 0 Å². The van der Waals surface area contributed by atoms with Crippen molar-refractivity contribution in [2.75, 3.05) is 6.61 Å². The number of hydrogen-bond acceptors (Lipinski definition) is 3. The van der Waals surface area contributed by atoms with E-state index >= 15 is 0 Å². The Morgan fingerprint density at radius 3 is 2.60 bits per heavy atom. The van der Waals surface area contributed by atoms with Gasteiger partial charge >= 0.3 is 0 Å². The summed E-state index contributed by atoms with van der Waals surface area (Å²) < 4.78 is 7.58. The molecule has 0 unspecified atom stereocenters. The zero-order chi connectivity index (χ0) is 21.3. The second-order valence-electron chi connectivity index (χ2n) is 6.95. The molecule has 0 saturated heterocycles. The van der Waals surface area contributed by atoms with Gasteiger partial charge < -0.3 is 4.74 Å². The van der Waals surface area contributed by atoms with Crippen molar-refractivity contribution in [2.24, 2.45) is 5.10 Å². The molecule has 156 valence electrons. The van der Waals surface area contributed by atoms with Gasteiger partial charge in [-0.15, -0.1) is 0 Å². The minimum absolute atomic E-state index is 0.110. The first-order chi connectivity index (χ1) is 14.6. The highest BCUT2D eigenvalue weighted by Crippen LogP contribution is 2.34. The Hall–Kier alpha value is -2.18. The van der Waals surface area contributed by atoms with Gasteiger partial charge in [0.25, 0.3) is 5.91 Å². The van der Waals surface area contributed by atoms with E-state index in [4.69, 9.17) is 4.74 Å². The smallest absolute Gasteiger partial charge is 0.277 e. The fourth-order valence-corrected chi connectivity index (χ4v) is 4.08. The van der Waals surface area contributed by atoms with Gasteiger partial charge in [0.1, 0.15) is 5.75 Å². The number of ether oxygens (including phenoxy) is 1. The van der Waals surface area contributed by atoms with E-state index in [2.05, 4.69) is 49.3 Å². The molecule has 0 bridgehead atoms. The number of hydrogen-bond donors (Lipinski definition) is 1. The van der Waals surface area contributed by atoms with Gasteiger partial charge in [-0.2, -0.15) is 5.10 Å². The first kappa shape index (κ1) is 22.5. The summed E-state index contributed by atoms with van der Waals surface area (Å²) in [5.74, 6) is 0.330. The van der Waals surface area contributed by atoms with Crippen LogP contribution in [0.3, 0.4) is 0 Å². The van der Waals surface area contributed by atoms with Crippen LogP contribution in [0.25, 0.3) is 10.8 Å². The summed E-state index contributed by atoms with van der Waals surface area (Å²) in [5, 5.41) is 6.49. The van der Waals surface area contributed by atoms with E-state index < -0.39 is 0 Å². The molecule has 0 aromatic heterocycles. The summed E-state index contributed by atoms with van der Waals surface area (Å²) in [5.41, 5.74) is 4.56. The molecule has 1 N–H and O–H groups in total. The summed E-state index contributed by atoms with van der Waals surface area (Å²) >= 11 is 7.06. The summed E-state index contributed by atoms with van der Waals surface area (Å²) in [4.78, 5) is 12.3. The maximum absolute atomic E-state index is 12.3. The lowest BCUT2D eigenvalue weighted by Gasteiger charge is -2.11. The van der Waals surface area contributed by atoms with Gasteiger partial charge in [0.05, 0.1) is 10.2 Å². The Morgan fingerprint density at radius 1 is 1.03 bits per heavy atom. The van der Waals surface area contributed by atoms with Crippen LogP contribution in [0.1, 0.15) is 38.2 Å². The summed E-state index contributed by atoms with van der Waals surface area (Å²) in [6.07, 6.45) is 4.14. The maximum Gasteiger partial charge on any atom is 0.277 e. The summed E-state index contributed by atoms with van der Waals surface area (Å²) in [6.45, 7) is 2.06. The SMILES string of the molecule is CCCCCC(=NNC(=O)COc1ccc2cc(Br)ccc2c1Br)c1ccccc1. The number of halogens is 2. The van der Waals surface area contributed by atoms with Crippen LogP contribution in [0.15, 0.2) is 74.7 Å². The molecular formula is C24H24Br2N2O2. The lowest BCUT2D eigenvalue weighted by molar-refractivity contribution is -0.123. The summed E-state index contributed by atoms with van der Waals surface area (Å²) in [6, 6.07) is 19.8. The molecule has 0 aliphatic heterocycles. The molecule has 0 atom stereocenters. The number of unbranched alkanes of at least 4 members (excludes halogenated alkanes) is 2. The third-order valence-electron chi connectivity index (χ3n) is 4.68. The molecule has 3 aromatic rings. The third kappa shape index (κ3) is 6.16. The molecule has 0 saturated carbocycles. The Balaban J connectivity index is 1.64. The molecule has 0 aliphatic carbocycles. The fraction of sp³-hybridized carbons (Fsp3) is 0.250. The van der Waals surface area contributed by atoms with Gasteiger partial charge in [-0.1, -0.05) is 78.2 Å². The number of carbonyl (C=O) groups is 1. The Kier molecular flexibility index (Phi) is 8.46.